The molecule has 0 bridgehead atoms. The van der Waals surface area contributed by atoms with Crippen LogP contribution in [0.3, 0.4) is 0 Å². The van der Waals surface area contributed by atoms with Crippen LogP contribution in [0.1, 0.15) is 42.7 Å². The Labute approximate surface area is 175 Å². The first kappa shape index (κ1) is 21.7. The fourth-order valence-electron chi connectivity index (χ4n) is 3.37. The van der Waals surface area contributed by atoms with Crippen molar-refractivity contribution in [2.45, 2.75) is 36.8 Å². The molecule has 158 valence electrons. The number of benzene rings is 1. The summed E-state index contributed by atoms with van der Waals surface area (Å²) in [5.74, 6) is -0.539. The first-order valence-corrected chi connectivity index (χ1v) is 11.7. The van der Waals surface area contributed by atoms with Gasteiger partial charge in [-0.1, -0.05) is 23.7 Å². The standard InChI is InChI=1S/C19H25ClN4O4S/c1-14-4-2-10-24(12-14)11-3-9-21-18(25)19-22-17(23-28-19)13-29(26,27)16-7-5-15(20)6-8-16/h5-8,14H,2-4,9-13H2,1H3,(H,21,25). The molecule has 8 nitrogen and oxygen atoms in total. The van der Waals surface area contributed by atoms with Gasteiger partial charge in [0.25, 0.3) is 0 Å². The zero-order chi connectivity index (χ0) is 20.9. The molecular weight excluding hydrogens is 416 g/mol. The minimum Gasteiger partial charge on any atom is -0.348 e. The lowest BCUT2D eigenvalue weighted by Crippen LogP contribution is -2.36. The molecule has 1 aliphatic heterocycles. The average molecular weight is 441 g/mol. The number of piperidine rings is 1. The number of nitrogens with zero attached hydrogens (tertiary/aromatic N) is 3. The lowest BCUT2D eigenvalue weighted by atomic mass is 10.0. The van der Waals surface area contributed by atoms with Gasteiger partial charge < -0.3 is 14.7 Å². The number of hydrogen-bond acceptors (Lipinski definition) is 7. The van der Waals surface area contributed by atoms with E-state index in [0.717, 1.165) is 32.0 Å². The third-order valence-electron chi connectivity index (χ3n) is 4.83. The van der Waals surface area contributed by atoms with Gasteiger partial charge in [-0.05, 0) is 62.5 Å². The van der Waals surface area contributed by atoms with Gasteiger partial charge in [0.05, 0.1) is 4.90 Å². The van der Waals surface area contributed by atoms with E-state index in [1.165, 1.54) is 37.1 Å². The maximum Gasteiger partial charge on any atom is 0.315 e. The van der Waals surface area contributed by atoms with E-state index in [0.29, 0.717) is 11.6 Å². The smallest absolute Gasteiger partial charge is 0.315 e. The molecule has 1 N–H and O–H groups in total. The van der Waals surface area contributed by atoms with Crippen LogP contribution in [0.25, 0.3) is 0 Å². The lowest BCUT2D eigenvalue weighted by Gasteiger charge is -2.30. The van der Waals surface area contributed by atoms with Crippen molar-refractivity contribution in [2.24, 2.45) is 5.92 Å². The van der Waals surface area contributed by atoms with Gasteiger partial charge in [-0.3, -0.25) is 4.79 Å². The summed E-state index contributed by atoms with van der Waals surface area (Å²) >= 11 is 5.78. The van der Waals surface area contributed by atoms with Gasteiger partial charge in [-0.2, -0.15) is 4.98 Å². The Balaban J connectivity index is 1.47. The van der Waals surface area contributed by atoms with Gasteiger partial charge in [0.2, 0.25) is 0 Å². The Morgan fingerprint density at radius 3 is 2.83 bits per heavy atom. The van der Waals surface area contributed by atoms with E-state index in [-0.39, 0.29) is 16.6 Å². The number of carbonyl (C=O) groups is 1. The second-order valence-corrected chi connectivity index (χ2v) is 9.81. The van der Waals surface area contributed by atoms with Crippen LogP contribution in [-0.2, 0) is 15.6 Å². The highest BCUT2D eigenvalue weighted by molar-refractivity contribution is 7.90. The zero-order valence-electron chi connectivity index (χ0n) is 16.3. The minimum atomic E-state index is -3.66. The van der Waals surface area contributed by atoms with E-state index in [4.69, 9.17) is 16.1 Å². The summed E-state index contributed by atoms with van der Waals surface area (Å²) in [7, 11) is -3.66. The number of hydrogen-bond donors (Lipinski definition) is 1. The van der Waals surface area contributed by atoms with Gasteiger partial charge in [-0.25, -0.2) is 8.42 Å². The summed E-state index contributed by atoms with van der Waals surface area (Å²) in [5.41, 5.74) is 0. The van der Waals surface area contributed by atoms with Gasteiger partial charge in [0, 0.05) is 18.1 Å². The second-order valence-electron chi connectivity index (χ2n) is 7.39. The molecule has 2 aromatic rings. The van der Waals surface area contributed by atoms with Gasteiger partial charge in [-0.15, -0.1) is 0 Å². The summed E-state index contributed by atoms with van der Waals surface area (Å²) in [4.78, 5) is 18.6. The highest BCUT2D eigenvalue weighted by atomic mass is 35.5. The number of sulfone groups is 1. The van der Waals surface area contributed by atoms with Crippen molar-refractivity contribution >= 4 is 27.3 Å². The Bertz CT molecular complexity index is 930. The van der Waals surface area contributed by atoms with Gasteiger partial charge >= 0.3 is 11.8 Å². The van der Waals surface area contributed by atoms with E-state index in [1.807, 2.05) is 0 Å². The Morgan fingerprint density at radius 2 is 2.10 bits per heavy atom. The second kappa shape index (κ2) is 9.69. The minimum absolute atomic E-state index is 0.0626. The number of aromatic nitrogens is 2. The number of nitrogens with one attached hydrogen (secondary N) is 1. The fourth-order valence-corrected chi connectivity index (χ4v) is 4.67. The van der Waals surface area contributed by atoms with E-state index < -0.39 is 21.5 Å². The van der Waals surface area contributed by atoms with Crippen molar-refractivity contribution < 1.29 is 17.7 Å². The maximum absolute atomic E-state index is 12.4. The summed E-state index contributed by atoms with van der Waals surface area (Å²) in [6.07, 6.45) is 3.32. The molecule has 3 rings (SSSR count). The van der Waals surface area contributed by atoms with Crippen LogP contribution in [0.2, 0.25) is 5.02 Å². The van der Waals surface area contributed by atoms with E-state index in [1.54, 1.807) is 0 Å². The predicted molar refractivity (Wildman–Crippen MR) is 108 cm³/mol. The lowest BCUT2D eigenvalue weighted by molar-refractivity contribution is 0.0906. The quantitative estimate of drug-likeness (QED) is 0.628. The van der Waals surface area contributed by atoms with Crippen molar-refractivity contribution in [2.75, 3.05) is 26.2 Å². The summed E-state index contributed by atoms with van der Waals surface area (Å²) in [6.45, 7) is 5.88. The van der Waals surface area contributed by atoms with Crippen molar-refractivity contribution in [3.05, 3.63) is 41.0 Å². The Kier molecular flexibility index (Phi) is 7.26. The molecule has 0 radical (unpaired) electrons. The largest absolute Gasteiger partial charge is 0.348 e. The van der Waals surface area contributed by atoms with Crippen molar-refractivity contribution in [3.63, 3.8) is 0 Å². The van der Waals surface area contributed by atoms with Crippen LogP contribution in [0.15, 0.2) is 33.7 Å². The molecule has 0 spiro atoms. The summed E-state index contributed by atoms with van der Waals surface area (Å²) < 4.78 is 29.7. The molecule has 1 amide bonds. The first-order valence-electron chi connectivity index (χ1n) is 9.65. The molecule has 1 fully saturated rings. The monoisotopic (exact) mass is 440 g/mol. The molecule has 1 aromatic carbocycles. The highest BCUT2D eigenvalue weighted by Gasteiger charge is 2.22. The number of amides is 1. The first-order chi connectivity index (χ1) is 13.8. The molecule has 1 aliphatic rings. The van der Waals surface area contributed by atoms with Crippen LogP contribution in [0.5, 0.6) is 0 Å². The molecule has 10 heteroatoms. The molecule has 0 saturated carbocycles. The van der Waals surface area contributed by atoms with Crippen molar-refractivity contribution in [1.29, 1.82) is 0 Å². The topological polar surface area (TPSA) is 105 Å². The van der Waals surface area contributed by atoms with E-state index in [9.17, 15) is 13.2 Å². The third kappa shape index (κ3) is 6.25. The number of likely N-dealkylation sites (tertiary alicyclic amines) is 1. The molecule has 1 saturated heterocycles. The summed E-state index contributed by atoms with van der Waals surface area (Å²) in [5, 5.41) is 6.79. The molecule has 1 aromatic heterocycles. The zero-order valence-corrected chi connectivity index (χ0v) is 17.9. The molecule has 1 unspecified atom stereocenters. The predicted octanol–water partition coefficient (Wildman–Crippen LogP) is 2.55. The number of rotatable bonds is 8. The van der Waals surface area contributed by atoms with Crippen LogP contribution >= 0.6 is 11.6 Å². The highest BCUT2D eigenvalue weighted by Crippen LogP contribution is 2.18. The third-order valence-corrected chi connectivity index (χ3v) is 6.71. The molecule has 29 heavy (non-hydrogen) atoms. The summed E-state index contributed by atoms with van der Waals surface area (Å²) in [6, 6.07) is 5.81. The van der Waals surface area contributed by atoms with Gasteiger partial charge in [0.1, 0.15) is 5.75 Å². The Hall–Kier alpha value is -1.97. The van der Waals surface area contributed by atoms with Crippen LogP contribution in [0, 0.1) is 5.92 Å². The van der Waals surface area contributed by atoms with Crippen LogP contribution < -0.4 is 5.32 Å². The number of halogens is 1. The SMILES string of the molecule is CC1CCCN(CCCNC(=O)c2nc(CS(=O)(=O)c3ccc(Cl)cc3)no2)C1. The molecule has 1 atom stereocenters. The molecule has 2 heterocycles. The average Bonchev–Trinajstić information content (AvgIpc) is 3.13. The van der Waals surface area contributed by atoms with Crippen molar-refractivity contribution in [3.8, 4) is 0 Å². The van der Waals surface area contributed by atoms with Crippen molar-refractivity contribution in [1.82, 2.24) is 20.4 Å². The van der Waals surface area contributed by atoms with Crippen LogP contribution in [-0.4, -0.2) is 55.5 Å². The van der Waals surface area contributed by atoms with Crippen LogP contribution in [0.4, 0.5) is 0 Å². The maximum atomic E-state index is 12.4. The van der Waals surface area contributed by atoms with E-state index >= 15 is 0 Å². The normalized spacial score (nSPS) is 17.9. The van der Waals surface area contributed by atoms with E-state index in [2.05, 4.69) is 27.3 Å². The Morgan fingerprint density at radius 1 is 1.34 bits per heavy atom. The molecular formula is C19H25ClN4O4S. The number of carbonyl (C=O) groups excluding carboxylic acids is 1. The molecule has 0 aliphatic carbocycles. The van der Waals surface area contributed by atoms with Gasteiger partial charge in [0.15, 0.2) is 15.7 Å². The fraction of sp³-hybridized carbons (Fsp3) is 0.526.